The minimum Gasteiger partial charge on any atom is -0.350 e. The van der Waals surface area contributed by atoms with Crippen LogP contribution in [0.25, 0.3) is 10.9 Å². The standard InChI is InChI=1S/C12H16N2S/c1-9(13)6-7-15-12-8-10-4-2-3-5-11(10)14-12/h2-5,8-9,14H,6-7,13H2,1H3. The van der Waals surface area contributed by atoms with Crippen molar-refractivity contribution in [2.24, 2.45) is 5.73 Å². The summed E-state index contributed by atoms with van der Waals surface area (Å²) < 4.78 is 0. The molecule has 2 aromatic rings. The molecule has 2 rings (SSSR count). The van der Waals surface area contributed by atoms with Crippen LogP contribution in [0.4, 0.5) is 0 Å². The first-order valence-electron chi connectivity index (χ1n) is 5.22. The SMILES string of the molecule is CC(N)CCSc1cc2ccccc2[nH]1. The van der Waals surface area contributed by atoms with E-state index >= 15 is 0 Å². The number of nitrogens with one attached hydrogen (secondary N) is 1. The maximum Gasteiger partial charge on any atom is 0.0732 e. The molecule has 1 atom stereocenters. The number of benzene rings is 1. The zero-order valence-electron chi connectivity index (χ0n) is 8.86. The van der Waals surface area contributed by atoms with E-state index in [0.717, 1.165) is 12.2 Å². The number of para-hydroxylation sites is 1. The van der Waals surface area contributed by atoms with E-state index in [2.05, 4.69) is 35.3 Å². The Morgan fingerprint density at radius 2 is 2.20 bits per heavy atom. The van der Waals surface area contributed by atoms with Gasteiger partial charge < -0.3 is 10.7 Å². The maximum absolute atomic E-state index is 5.71. The van der Waals surface area contributed by atoms with Crippen LogP contribution in [0.1, 0.15) is 13.3 Å². The van der Waals surface area contributed by atoms with Gasteiger partial charge in [0.05, 0.1) is 5.03 Å². The predicted molar refractivity (Wildman–Crippen MR) is 67.3 cm³/mol. The minimum absolute atomic E-state index is 0.293. The van der Waals surface area contributed by atoms with Crippen LogP contribution in [0.2, 0.25) is 0 Å². The van der Waals surface area contributed by atoms with Crippen molar-refractivity contribution >= 4 is 22.7 Å². The summed E-state index contributed by atoms with van der Waals surface area (Å²) in [7, 11) is 0. The summed E-state index contributed by atoms with van der Waals surface area (Å²) in [6.07, 6.45) is 1.06. The van der Waals surface area contributed by atoms with Gasteiger partial charge in [-0.3, -0.25) is 0 Å². The molecule has 0 aliphatic heterocycles. The van der Waals surface area contributed by atoms with Crippen molar-refractivity contribution in [1.82, 2.24) is 4.98 Å². The number of H-pyrrole nitrogens is 1. The second-order valence-electron chi connectivity index (χ2n) is 3.84. The molecular formula is C12H16N2S. The maximum atomic E-state index is 5.71. The van der Waals surface area contributed by atoms with Gasteiger partial charge in [0, 0.05) is 22.7 Å². The molecule has 0 amide bonds. The molecule has 1 heterocycles. The lowest BCUT2D eigenvalue weighted by Gasteiger charge is -2.02. The molecule has 15 heavy (non-hydrogen) atoms. The van der Waals surface area contributed by atoms with Crippen LogP contribution in [0.15, 0.2) is 35.4 Å². The van der Waals surface area contributed by atoms with E-state index in [4.69, 9.17) is 5.73 Å². The van der Waals surface area contributed by atoms with Gasteiger partial charge in [0.15, 0.2) is 0 Å². The van der Waals surface area contributed by atoms with Crippen molar-refractivity contribution in [2.45, 2.75) is 24.4 Å². The highest BCUT2D eigenvalue weighted by molar-refractivity contribution is 7.99. The molecule has 0 bridgehead atoms. The molecule has 3 heteroatoms. The first-order chi connectivity index (χ1) is 7.25. The Balaban J connectivity index is 2.03. The molecule has 0 saturated carbocycles. The Labute approximate surface area is 94.2 Å². The third-order valence-corrected chi connectivity index (χ3v) is 3.31. The first-order valence-corrected chi connectivity index (χ1v) is 6.20. The fraction of sp³-hybridized carbons (Fsp3) is 0.333. The van der Waals surface area contributed by atoms with Crippen LogP contribution in [-0.2, 0) is 0 Å². The van der Waals surface area contributed by atoms with Crippen molar-refractivity contribution in [1.29, 1.82) is 0 Å². The Hall–Kier alpha value is -0.930. The lowest BCUT2D eigenvalue weighted by molar-refractivity contribution is 0.721. The molecule has 0 spiro atoms. The van der Waals surface area contributed by atoms with Crippen LogP contribution in [0.3, 0.4) is 0 Å². The predicted octanol–water partition coefficient (Wildman–Crippen LogP) is 3.00. The number of rotatable bonds is 4. The monoisotopic (exact) mass is 220 g/mol. The topological polar surface area (TPSA) is 41.8 Å². The van der Waals surface area contributed by atoms with Crippen LogP contribution in [0.5, 0.6) is 0 Å². The smallest absolute Gasteiger partial charge is 0.0732 e. The summed E-state index contributed by atoms with van der Waals surface area (Å²) in [6, 6.07) is 10.8. The van der Waals surface area contributed by atoms with Crippen molar-refractivity contribution in [3.63, 3.8) is 0 Å². The van der Waals surface area contributed by atoms with Crippen molar-refractivity contribution in [3.05, 3.63) is 30.3 Å². The zero-order chi connectivity index (χ0) is 10.7. The molecular weight excluding hydrogens is 204 g/mol. The Morgan fingerprint density at radius 3 is 2.93 bits per heavy atom. The molecule has 0 fully saturated rings. The molecule has 1 aromatic carbocycles. The number of hydrogen-bond acceptors (Lipinski definition) is 2. The largest absolute Gasteiger partial charge is 0.350 e. The lowest BCUT2D eigenvalue weighted by atomic mass is 10.3. The normalized spacial score (nSPS) is 13.2. The summed E-state index contributed by atoms with van der Waals surface area (Å²) in [6.45, 7) is 2.05. The minimum atomic E-state index is 0.293. The van der Waals surface area contributed by atoms with Crippen molar-refractivity contribution < 1.29 is 0 Å². The first kappa shape index (κ1) is 10.6. The van der Waals surface area contributed by atoms with E-state index in [1.165, 1.54) is 15.9 Å². The molecule has 3 N–H and O–H groups in total. The fourth-order valence-electron chi connectivity index (χ4n) is 1.48. The average molecular weight is 220 g/mol. The van der Waals surface area contributed by atoms with Crippen LogP contribution < -0.4 is 5.73 Å². The molecule has 80 valence electrons. The Morgan fingerprint density at radius 1 is 1.40 bits per heavy atom. The third kappa shape index (κ3) is 2.76. The number of aromatic nitrogens is 1. The number of hydrogen-bond donors (Lipinski definition) is 2. The van der Waals surface area contributed by atoms with E-state index in [1.54, 1.807) is 0 Å². The summed E-state index contributed by atoms with van der Waals surface area (Å²) in [5.74, 6) is 1.07. The highest BCUT2D eigenvalue weighted by Gasteiger charge is 2.01. The van der Waals surface area contributed by atoms with E-state index in [9.17, 15) is 0 Å². The van der Waals surface area contributed by atoms with Gasteiger partial charge in [-0.1, -0.05) is 18.2 Å². The molecule has 0 aliphatic rings. The lowest BCUT2D eigenvalue weighted by Crippen LogP contribution is -2.15. The van der Waals surface area contributed by atoms with Crippen molar-refractivity contribution in [3.8, 4) is 0 Å². The number of thioether (sulfide) groups is 1. The van der Waals surface area contributed by atoms with E-state index < -0.39 is 0 Å². The van der Waals surface area contributed by atoms with Crippen LogP contribution >= 0.6 is 11.8 Å². The van der Waals surface area contributed by atoms with Gasteiger partial charge in [-0.2, -0.15) is 0 Å². The highest BCUT2D eigenvalue weighted by atomic mass is 32.2. The van der Waals surface area contributed by atoms with Crippen molar-refractivity contribution in [2.75, 3.05) is 5.75 Å². The summed E-state index contributed by atoms with van der Waals surface area (Å²) in [5, 5.41) is 2.51. The van der Waals surface area contributed by atoms with E-state index in [0.29, 0.717) is 6.04 Å². The highest BCUT2D eigenvalue weighted by Crippen LogP contribution is 2.23. The quantitative estimate of drug-likeness (QED) is 0.778. The van der Waals surface area contributed by atoms with E-state index in [1.807, 2.05) is 18.7 Å². The molecule has 0 saturated heterocycles. The summed E-state index contributed by atoms with van der Waals surface area (Å²) in [5.41, 5.74) is 6.92. The second-order valence-corrected chi connectivity index (χ2v) is 4.97. The van der Waals surface area contributed by atoms with Crippen LogP contribution in [0, 0.1) is 0 Å². The molecule has 2 nitrogen and oxygen atoms in total. The fourth-order valence-corrected chi connectivity index (χ4v) is 2.58. The second kappa shape index (κ2) is 4.73. The van der Waals surface area contributed by atoms with Gasteiger partial charge in [-0.25, -0.2) is 0 Å². The number of aromatic amines is 1. The molecule has 1 unspecified atom stereocenters. The number of fused-ring (bicyclic) bond motifs is 1. The summed E-state index contributed by atoms with van der Waals surface area (Å²) in [4.78, 5) is 3.39. The Bertz CT molecular complexity index is 401. The molecule has 1 aromatic heterocycles. The van der Waals surface area contributed by atoms with Gasteiger partial charge in [0.1, 0.15) is 0 Å². The average Bonchev–Trinajstić information content (AvgIpc) is 2.59. The molecule has 0 radical (unpaired) electrons. The Kier molecular flexibility index (Phi) is 3.34. The summed E-state index contributed by atoms with van der Waals surface area (Å²) >= 11 is 1.84. The van der Waals surface area contributed by atoms with Gasteiger partial charge >= 0.3 is 0 Å². The molecule has 0 aliphatic carbocycles. The number of nitrogens with two attached hydrogens (primary N) is 1. The van der Waals surface area contributed by atoms with Gasteiger partial charge in [0.25, 0.3) is 0 Å². The van der Waals surface area contributed by atoms with Gasteiger partial charge in [-0.15, -0.1) is 11.8 Å². The third-order valence-electron chi connectivity index (χ3n) is 2.34. The zero-order valence-corrected chi connectivity index (χ0v) is 9.68. The van der Waals surface area contributed by atoms with Gasteiger partial charge in [0.2, 0.25) is 0 Å². The van der Waals surface area contributed by atoms with E-state index in [-0.39, 0.29) is 0 Å². The van der Waals surface area contributed by atoms with Crippen LogP contribution in [-0.4, -0.2) is 16.8 Å². The van der Waals surface area contributed by atoms with Gasteiger partial charge in [-0.05, 0) is 25.5 Å².